The highest BCUT2D eigenvalue weighted by molar-refractivity contribution is 6.09. The molecule has 2 N–H and O–H groups in total. The molecule has 3 nitrogen and oxygen atoms in total. The second kappa shape index (κ2) is 4.08. The van der Waals surface area contributed by atoms with Crippen molar-refractivity contribution in [2.45, 2.75) is 11.8 Å². The van der Waals surface area contributed by atoms with Crippen molar-refractivity contribution in [1.29, 1.82) is 0 Å². The number of rotatable bonds is 4. The summed E-state index contributed by atoms with van der Waals surface area (Å²) in [5.74, 6) is 0.0201. The lowest BCUT2D eigenvalue weighted by molar-refractivity contribution is 0.108. The lowest BCUT2D eigenvalue weighted by atomic mass is 10.3. The van der Waals surface area contributed by atoms with E-state index < -0.39 is 0 Å². The van der Waals surface area contributed by atoms with E-state index in [1.807, 2.05) is 14.1 Å². The molecule has 0 radical (unpaired) electrons. The van der Waals surface area contributed by atoms with E-state index in [0.29, 0.717) is 0 Å². The van der Waals surface area contributed by atoms with Gasteiger partial charge in [-0.25, -0.2) is 0 Å². The summed E-state index contributed by atoms with van der Waals surface area (Å²) in [6, 6.07) is 1.17. The highest BCUT2D eigenvalue weighted by Gasteiger charge is 2.25. The first-order valence-electron chi connectivity index (χ1n) is 3.68. The van der Waals surface area contributed by atoms with Crippen LogP contribution in [-0.2, 0) is 0 Å². The molecule has 0 rings (SSSR count). The molecule has 0 amide bonds. The molecule has 0 unspecified atom stereocenters. The summed E-state index contributed by atoms with van der Waals surface area (Å²) in [6.07, 6.45) is 0. The van der Waals surface area contributed by atoms with Crippen LogP contribution >= 0.6 is 0 Å². The molecule has 0 aliphatic carbocycles. The molecule has 62 valence electrons. The first kappa shape index (κ1) is 10.1. The fourth-order valence-corrected chi connectivity index (χ4v) is 2.58. The van der Waals surface area contributed by atoms with Crippen LogP contribution in [0.3, 0.4) is 0 Å². The fourth-order valence-electron chi connectivity index (χ4n) is 1.24. The zero-order valence-electron chi connectivity index (χ0n) is 7.65. The quantitative estimate of drug-likeness (QED) is 0.385. The van der Waals surface area contributed by atoms with Gasteiger partial charge < -0.3 is 0 Å². The number of hydrogen-bond acceptors (Lipinski definition) is 3. The molecule has 4 heteroatoms. The lowest BCUT2D eigenvalue weighted by Gasteiger charge is -2.38. The Kier molecular flexibility index (Phi) is 4.11. The van der Waals surface area contributed by atoms with Crippen molar-refractivity contribution in [3.63, 3.8) is 0 Å². The van der Waals surface area contributed by atoms with Gasteiger partial charge >= 0.3 is 0 Å². The van der Waals surface area contributed by atoms with Crippen molar-refractivity contribution in [3.8, 4) is 0 Å². The third-order valence-corrected chi connectivity index (χ3v) is 3.13. The topological polar surface area (TPSA) is 27.3 Å². The maximum Gasteiger partial charge on any atom is 0.121 e. The van der Waals surface area contributed by atoms with Crippen molar-refractivity contribution >= 4 is 10.2 Å². The SMILES string of the molecule is CNC(C[SiH3])(NC)N(C)C. The average molecular weight is 161 g/mol. The third-order valence-electron chi connectivity index (χ3n) is 2.10. The van der Waals surface area contributed by atoms with Crippen molar-refractivity contribution in [3.05, 3.63) is 0 Å². The molecule has 0 aliphatic heterocycles. The molecule has 0 aromatic carbocycles. The van der Waals surface area contributed by atoms with Gasteiger partial charge in [0, 0.05) is 10.2 Å². The van der Waals surface area contributed by atoms with Gasteiger partial charge in [-0.1, -0.05) is 0 Å². The van der Waals surface area contributed by atoms with Gasteiger partial charge in [0.1, 0.15) is 5.79 Å². The van der Waals surface area contributed by atoms with Gasteiger partial charge in [0.25, 0.3) is 0 Å². The number of nitrogens with zero attached hydrogens (tertiary/aromatic N) is 1. The molecule has 0 saturated carbocycles. The Hall–Kier alpha value is 0.0969. The van der Waals surface area contributed by atoms with E-state index in [2.05, 4.69) is 29.6 Å². The normalized spacial score (nSPS) is 12.9. The van der Waals surface area contributed by atoms with E-state index in [9.17, 15) is 0 Å². The van der Waals surface area contributed by atoms with Gasteiger partial charge in [-0.15, -0.1) is 0 Å². The maximum atomic E-state index is 3.26. The van der Waals surface area contributed by atoms with E-state index in [4.69, 9.17) is 0 Å². The van der Waals surface area contributed by atoms with Crippen LogP contribution in [0.4, 0.5) is 0 Å². The third kappa shape index (κ3) is 1.79. The predicted octanol–water partition coefficient (Wildman–Crippen LogP) is -1.58. The van der Waals surface area contributed by atoms with Gasteiger partial charge in [0.2, 0.25) is 0 Å². The average Bonchev–Trinajstić information content (AvgIpc) is 1.92. The Labute approximate surface area is 66.6 Å². The van der Waals surface area contributed by atoms with Crippen molar-refractivity contribution in [2.75, 3.05) is 28.2 Å². The van der Waals surface area contributed by atoms with Gasteiger partial charge in [-0.05, 0) is 34.2 Å². The minimum absolute atomic E-state index is 0.0201. The van der Waals surface area contributed by atoms with Crippen molar-refractivity contribution in [1.82, 2.24) is 15.5 Å². The van der Waals surface area contributed by atoms with Crippen LogP contribution in [0, 0.1) is 0 Å². The van der Waals surface area contributed by atoms with E-state index in [1.54, 1.807) is 0 Å². The monoisotopic (exact) mass is 161 g/mol. The summed E-state index contributed by atoms with van der Waals surface area (Å²) < 4.78 is 0. The van der Waals surface area contributed by atoms with Crippen LogP contribution in [0.5, 0.6) is 0 Å². The van der Waals surface area contributed by atoms with E-state index in [0.717, 1.165) is 0 Å². The number of hydrogen-bond donors (Lipinski definition) is 2. The van der Waals surface area contributed by atoms with Crippen molar-refractivity contribution in [2.24, 2.45) is 0 Å². The summed E-state index contributed by atoms with van der Waals surface area (Å²) in [6.45, 7) is 0. The second-order valence-electron chi connectivity index (χ2n) is 2.61. The Balaban J connectivity index is 4.15. The molecular weight excluding hydrogens is 142 g/mol. The summed E-state index contributed by atoms with van der Waals surface area (Å²) in [5.41, 5.74) is 0. The van der Waals surface area contributed by atoms with Crippen LogP contribution < -0.4 is 10.6 Å². The standard InChI is InChI=1S/C6H19N3Si/c1-7-6(5-10,8-2)9(3)4/h7-8H,5H2,1-4,10H3. The molecule has 10 heavy (non-hydrogen) atoms. The van der Waals surface area contributed by atoms with Gasteiger partial charge in [-0.3, -0.25) is 15.5 Å². The fraction of sp³-hybridized carbons (Fsp3) is 1.00. The summed E-state index contributed by atoms with van der Waals surface area (Å²) >= 11 is 0. The van der Waals surface area contributed by atoms with E-state index in [-0.39, 0.29) is 5.79 Å². The zero-order valence-corrected chi connectivity index (χ0v) is 9.65. The second-order valence-corrected chi connectivity index (χ2v) is 3.32. The largest absolute Gasteiger partial charge is 0.290 e. The van der Waals surface area contributed by atoms with Crippen molar-refractivity contribution < 1.29 is 0 Å². The molecule has 0 saturated heterocycles. The molecular formula is C6H19N3Si. The molecule has 0 aromatic heterocycles. The predicted molar refractivity (Wildman–Crippen MR) is 49.3 cm³/mol. The lowest BCUT2D eigenvalue weighted by Crippen LogP contribution is -2.63. The van der Waals surface area contributed by atoms with Crippen LogP contribution in [0.25, 0.3) is 0 Å². The number of nitrogens with one attached hydrogen (secondary N) is 2. The van der Waals surface area contributed by atoms with Gasteiger partial charge in [0.15, 0.2) is 0 Å². The zero-order chi connectivity index (χ0) is 8.20. The van der Waals surface area contributed by atoms with E-state index >= 15 is 0 Å². The Morgan fingerprint density at radius 3 is 1.70 bits per heavy atom. The Morgan fingerprint density at radius 1 is 1.30 bits per heavy atom. The maximum absolute atomic E-state index is 3.26. The summed E-state index contributed by atoms with van der Waals surface area (Å²) in [5, 5.41) is 6.53. The van der Waals surface area contributed by atoms with Crippen LogP contribution in [0.2, 0.25) is 6.04 Å². The van der Waals surface area contributed by atoms with E-state index in [1.165, 1.54) is 16.3 Å². The molecule has 0 heterocycles. The molecule has 0 aliphatic rings. The summed E-state index contributed by atoms with van der Waals surface area (Å²) in [7, 11) is 9.31. The first-order valence-corrected chi connectivity index (χ1v) is 5.09. The minimum Gasteiger partial charge on any atom is -0.290 e. The molecule has 0 aromatic rings. The van der Waals surface area contributed by atoms with Crippen LogP contribution in [-0.4, -0.2) is 49.1 Å². The molecule has 0 atom stereocenters. The highest BCUT2D eigenvalue weighted by atomic mass is 28.1. The van der Waals surface area contributed by atoms with Gasteiger partial charge in [0.05, 0.1) is 0 Å². The summed E-state index contributed by atoms with van der Waals surface area (Å²) in [4.78, 5) is 2.17. The smallest absolute Gasteiger partial charge is 0.121 e. The Bertz CT molecular complexity index is 82.7. The molecule has 0 bridgehead atoms. The first-order chi connectivity index (χ1) is 4.63. The molecule has 0 spiro atoms. The molecule has 0 fully saturated rings. The van der Waals surface area contributed by atoms with Crippen LogP contribution in [0.15, 0.2) is 0 Å². The Morgan fingerprint density at radius 2 is 1.70 bits per heavy atom. The minimum atomic E-state index is 0.0201. The van der Waals surface area contributed by atoms with Crippen LogP contribution in [0.1, 0.15) is 0 Å². The highest BCUT2D eigenvalue weighted by Crippen LogP contribution is 2.05. The van der Waals surface area contributed by atoms with Gasteiger partial charge in [-0.2, -0.15) is 0 Å².